The molecule has 0 bridgehead atoms. The van der Waals surface area contributed by atoms with E-state index in [1.54, 1.807) is 0 Å². The minimum atomic E-state index is 0.546. The molecular weight excluding hydrogens is 186 g/mol. The van der Waals surface area contributed by atoms with E-state index in [-0.39, 0.29) is 0 Å². The summed E-state index contributed by atoms with van der Waals surface area (Å²) in [6.07, 6.45) is 5.18. The smallest absolute Gasteiger partial charge is 0.0521 e. The number of hydrogen-bond acceptors (Lipinski definition) is 2. The Labute approximate surface area is 92.9 Å². The molecule has 0 spiro atoms. The minimum absolute atomic E-state index is 0.546. The van der Waals surface area contributed by atoms with E-state index in [9.17, 15) is 0 Å². The second-order valence-corrected chi connectivity index (χ2v) is 4.71. The van der Waals surface area contributed by atoms with Crippen LogP contribution in [-0.4, -0.2) is 22.9 Å². The third-order valence-corrected chi connectivity index (χ3v) is 3.18. The molecule has 0 aliphatic rings. The second-order valence-electron chi connectivity index (χ2n) is 4.71. The summed E-state index contributed by atoms with van der Waals surface area (Å²) in [5.41, 5.74) is 1.33. The molecule has 0 aliphatic carbocycles. The van der Waals surface area contributed by atoms with Gasteiger partial charge in [-0.15, -0.1) is 0 Å². The Morgan fingerprint density at radius 1 is 1.40 bits per heavy atom. The highest BCUT2D eigenvalue weighted by molar-refractivity contribution is 5.05. The van der Waals surface area contributed by atoms with Crippen molar-refractivity contribution in [1.29, 1.82) is 0 Å². The SMILES string of the molecule is CNC(C)C(Cc1cnn(C)c1)C(C)C. The van der Waals surface area contributed by atoms with Crippen LogP contribution in [0.2, 0.25) is 0 Å². The zero-order valence-corrected chi connectivity index (χ0v) is 10.5. The van der Waals surface area contributed by atoms with Crippen LogP contribution in [0.15, 0.2) is 12.4 Å². The maximum absolute atomic E-state index is 4.21. The van der Waals surface area contributed by atoms with Gasteiger partial charge in [0.1, 0.15) is 0 Å². The van der Waals surface area contributed by atoms with E-state index < -0.39 is 0 Å². The van der Waals surface area contributed by atoms with Gasteiger partial charge in [-0.1, -0.05) is 13.8 Å². The van der Waals surface area contributed by atoms with Gasteiger partial charge in [-0.3, -0.25) is 4.68 Å². The molecule has 1 aromatic rings. The molecule has 0 fully saturated rings. The summed E-state index contributed by atoms with van der Waals surface area (Å²) < 4.78 is 1.87. The lowest BCUT2D eigenvalue weighted by Crippen LogP contribution is -2.34. The summed E-state index contributed by atoms with van der Waals surface area (Å²) in [5.74, 6) is 1.35. The van der Waals surface area contributed by atoms with E-state index >= 15 is 0 Å². The van der Waals surface area contributed by atoms with Crippen molar-refractivity contribution in [1.82, 2.24) is 15.1 Å². The molecule has 0 saturated carbocycles. The van der Waals surface area contributed by atoms with Gasteiger partial charge in [0.15, 0.2) is 0 Å². The summed E-state index contributed by atoms with van der Waals surface area (Å²) in [5, 5.41) is 7.56. The van der Waals surface area contributed by atoms with Crippen LogP contribution in [0.4, 0.5) is 0 Å². The molecule has 3 nitrogen and oxygen atoms in total. The van der Waals surface area contributed by atoms with Gasteiger partial charge in [-0.2, -0.15) is 5.10 Å². The van der Waals surface area contributed by atoms with Crippen LogP contribution in [0.5, 0.6) is 0 Å². The maximum atomic E-state index is 4.21. The molecule has 2 unspecified atom stereocenters. The standard InChI is InChI=1S/C12H23N3/c1-9(2)12(10(3)13-4)6-11-7-14-15(5)8-11/h7-10,12-13H,6H2,1-5H3. The lowest BCUT2D eigenvalue weighted by molar-refractivity contribution is 0.300. The molecule has 86 valence electrons. The first-order chi connectivity index (χ1) is 7.04. The molecular formula is C12H23N3. The third-order valence-electron chi connectivity index (χ3n) is 3.18. The second kappa shape index (κ2) is 5.31. The molecule has 0 radical (unpaired) electrons. The quantitative estimate of drug-likeness (QED) is 0.802. The fourth-order valence-corrected chi connectivity index (χ4v) is 2.05. The summed E-state index contributed by atoms with van der Waals surface area (Å²) >= 11 is 0. The zero-order chi connectivity index (χ0) is 11.4. The minimum Gasteiger partial charge on any atom is -0.317 e. The van der Waals surface area contributed by atoms with E-state index in [2.05, 4.69) is 37.4 Å². The largest absolute Gasteiger partial charge is 0.317 e. The van der Waals surface area contributed by atoms with Crippen molar-refractivity contribution >= 4 is 0 Å². The number of nitrogens with zero attached hydrogens (tertiary/aromatic N) is 2. The van der Waals surface area contributed by atoms with Gasteiger partial charge in [0.2, 0.25) is 0 Å². The average molecular weight is 209 g/mol. The normalized spacial score (nSPS) is 15.6. The van der Waals surface area contributed by atoms with Crippen molar-refractivity contribution in [2.45, 2.75) is 33.2 Å². The number of nitrogens with one attached hydrogen (secondary N) is 1. The van der Waals surface area contributed by atoms with Gasteiger partial charge in [0.25, 0.3) is 0 Å². The van der Waals surface area contributed by atoms with E-state index in [0.29, 0.717) is 17.9 Å². The third kappa shape index (κ3) is 3.34. The van der Waals surface area contributed by atoms with Crippen LogP contribution in [0, 0.1) is 11.8 Å². The van der Waals surface area contributed by atoms with Gasteiger partial charge in [-0.25, -0.2) is 0 Å². The van der Waals surface area contributed by atoms with Crippen LogP contribution in [-0.2, 0) is 13.5 Å². The molecule has 15 heavy (non-hydrogen) atoms. The number of aromatic nitrogens is 2. The highest BCUT2D eigenvalue weighted by Crippen LogP contribution is 2.20. The number of aryl methyl sites for hydroxylation is 1. The van der Waals surface area contributed by atoms with E-state index in [4.69, 9.17) is 0 Å². The Bertz CT molecular complexity index is 291. The molecule has 0 amide bonds. The Balaban J connectivity index is 2.66. The van der Waals surface area contributed by atoms with Crippen LogP contribution in [0.25, 0.3) is 0 Å². The highest BCUT2D eigenvalue weighted by atomic mass is 15.2. The first-order valence-corrected chi connectivity index (χ1v) is 5.69. The topological polar surface area (TPSA) is 29.9 Å². The molecule has 2 atom stereocenters. The van der Waals surface area contributed by atoms with Crippen molar-refractivity contribution in [2.75, 3.05) is 7.05 Å². The predicted molar refractivity (Wildman–Crippen MR) is 63.8 cm³/mol. The number of hydrogen-bond donors (Lipinski definition) is 1. The molecule has 3 heteroatoms. The van der Waals surface area contributed by atoms with Crippen molar-refractivity contribution in [3.63, 3.8) is 0 Å². The molecule has 1 N–H and O–H groups in total. The first-order valence-electron chi connectivity index (χ1n) is 5.69. The maximum Gasteiger partial charge on any atom is 0.0521 e. The monoisotopic (exact) mass is 209 g/mol. The lowest BCUT2D eigenvalue weighted by Gasteiger charge is -2.26. The van der Waals surface area contributed by atoms with Crippen LogP contribution < -0.4 is 5.32 Å². The Hall–Kier alpha value is -0.830. The average Bonchev–Trinajstić information content (AvgIpc) is 2.59. The molecule has 1 rings (SSSR count). The predicted octanol–water partition coefficient (Wildman–Crippen LogP) is 1.84. The summed E-state index contributed by atoms with van der Waals surface area (Å²) in [4.78, 5) is 0. The Morgan fingerprint density at radius 2 is 2.07 bits per heavy atom. The van der Waals surface area contributed by atoms with Gasteiger partial charge in [-0.05, 0) is 37.8 Å². The van der Waals surface area contributed by atoms with Gasteiger partial charge in [0, 0.05) is 19.3 Å². The fraction of sp³-hybridized carbons (Fsp3) is 0.750. The van der Waals surface area contributed by atoms with Crippen LogP contribution in [0.1, 0.15) is 26.3 Å². The van der Waals surface area contributed by atoms with E-state index in [1.807, 2.05) is 25.0 Å². The molecule has 0 aliphatic heterocycles. The highest BCUT2D eigenvalue weighted by Gasteiger charge is 2.20. The van der Waals surface area contributed by atoms with E-state index in [0.717, 1.165) is 6.42 Å². The van der Waals surface area contributed by atoms with Gasteiger partial charge < -0.3 is 5.32 Å². The fourth-order valence-electron chi connectivity index (χ4n) is 2.05. The van der Waals surface area contributed by atoms with Crippen LogP contribution in [0.3, 0.4) is 0 Å². The van der Waals surface area contributed by atoms with Crippen molar-refractivity contribution in [3.05, 3.63) is 18.0 Å². The van der Waals surface area contributed by atoms with Crippen molar-refractivity contribution in [3.8, 4) is 0 Å². The number of rotatable bonds is 5. The summed E-state index contributed by atoms with van der Waals surface area (Å²) in [6, 6.07) is 0.546. The van der Waals surface area contributed by atoms with Crippen LogP contribution >= 0.6 is 0 Å². The Morgan fingerprint density at radius 3 is 2.47 bits per heavy atom. The summed E-state index contributed by atoms with van der Waals surface area (Å²) in [7, 11) is 4.00. The summed E-state index contributed by atoms with van der Waals surface area (Å²) in [6.45, 7) is 6.82. The lowest BCUT2D eigenvalue weighted by atomic mass is 9.85. The molecule has 1 aromatic heterocycles. The first kappa shape index (κ1) is 12.2. The molecule has 0 aromatic carbocycles. The zero-order valence-electron chi connectivity index (χ0n) is 10.5. The molecule has 0 saturated heterocycles. The van der Waals surface area contributed by atoms with Gasteiger partial charge in [0.05, 0.1) is 6.20 Å². The Kier molecular flexibility index (Phi) is 4.33. The van der Waals surface area contributed by atoms with Crippen molar-refractivity contribution in [2.24, 2.45) is 18.9 Å². The van der Waals surface area contributed by atoms with E-state index in [1.165, 1.54) is 5.56 Å². The van der Waals surface area contributed by atoms with Crippen molar-refractivity contribution < 1.29 is 0 Å². The molecule has 1 heterocycles. The van der Waals surface area contributed by atoms with Gasteiger partial charge >= 0.3 is 0 Å².